The van der Waals surface area contributed by atoms with Crippen LogP contribution in [0.2, 0.25) is 0 Å². The van der Waals surface area contributed by atoms with Gasteiger partial charge in [0.15, 0.2) is 0 Å². The molecule has 3 N–H and O–H groups in total. The highest BCUT2D eigenvalue weighted by atomic mass is 16.3. The maximum atomic E-state index is 8.86. The second-order valence-corrected chi connectivity index (χ2v) is 3.93. The number of hydrogen-bond acceptors (Lipinski definition) is 4. The van der Waals surface area contributed by atoms with Crippen molar-refractivity contribution in [3.63, 3.8) is 0 Å². The van der Waals surface area contributed by atoms with Gasteiger partial charge >= 0.3 is 0 Å². The lowest BCUT2D eigenvalue weighted by atomic mass is 9.92. The van der Waals surface area contributed by atoms with Crippen LogP contribution in [-0.4, -0.2) is 26.1 Å². The second kappa shape index (κ2) is 4.06. The average Bonchev–Trinajstić information content (AvgIpc) is 2.66. The zero-order chi connectivity index (χ0) is 9.97. The lowest BCUT2D eigenvalue weighted by Crippen LogP contribution is -2.29. The number of aromatic nitrogens is 3. The van der Waals surface area contributed by atoms with E-state index in [4.69, 9.17) is 10.8 Å². The third-order valence-corrected chi connectivity index (χ3v) is 2.78. The standard InChI is InChI=1S/C9H16N4O/c10-7-2-1-3-9(4-7)13-5-8(6-14)11-12-13/h5,7,9,14H,1-4,6,10H2. The molecule has 2 atom stereocenters. The molecule has 1 aromatic heterocycles. The number of nitrogens with zero attached hydrogens (tertiary/aromatic N) is 3. The summed E-state index contributed by atoms with van der Waals surface area (Å²) in [5.41, 5.74) is 6.52. The van der Waals surface area contributed by atoms with E-state index >= 15 is 0 Å². The molecule has 5 heteroatoms. The van der Waals surface area contributed by atoms with Gasteiger partial charge in [-0.3, -0.25) is 0 Å². The largest absolute Gasteiger partial charge is 0.390 e. The zero-order valence-corrected chi connectivity index (χ0v) is 8.13. The lowest BCUT2D eigenvalue weighted by Gasteiger charge is -2.26. The molecule has 5 nitrogen and oxygen atoms in total. The second-order valence-electron chi connectivity index (χ2n) is 3.93. The minimum atomic E-state index is -0.0429. The van der Waals surface area contributed by atoms with Crippen LogP contribution in [0.1, 0.15) is 37.4 Å². The maximum Gasteiger partial charge on any atom is 0.108 e. The van der Waals surface area contributed by atoms with Crippen LogP contribution in [0.25, 0.3) is 0 Å². The van der Waals surface area contributed by atoms with Gasteiger partial charge in [0.2, 0.25) is 0 Å². The minimum absolute atomic E-state index is 0.0429. The van der Waals surface area contributed by atoms with Gasteiger partial charge in [-0.1, -0.05) is 5.21 Å². The summed E-state index contributed by atoms with van der Waals surface area (Å²) >= 11 is 0. The van der Waals surface area contributed by atoms with Crippen molar-refractivity contribution in [2.75, 3.05) is 0 Å². The van der Waals surface area contributed by atoms with Crippen molar-refractivity contribution < 1.29 is 5.11 Å². The fourth-order valence-corrected chi connectivity index (χ4v) is 2.01. The van der Waals surface area contributed by atoms with Crippen molar-refractivity contribution in [2.45, 2.75) is 44.4 Å². The normalized spacial score (nSPS) is 27.9. The summed E-state index contributed by atoms with van der Waals surface area (Å²) in [4.78, 5) is 0. The molecule has 0 bridgehead atoms. The monoisotopic (exact) mass is 196 g/mol. The summed E-state index contributed by atoms with van der Waals surface area (Å²) < 4.78 is 1.84. The van der Waals surface area contributed by atoms with Crippen molar-refractivity contribution >= 4 is 0 Å². The van der Waals surface area contributed by atoms with E-state index in [0.717, 1.165) is 25.7 Å². The Labute approximate surface area is 82.9 Å². The molecule has 0 aliphatic heterocycles. The Morgan fingerprint density at radius 1 is 1.57 bits per heavy atom. The number of aliphatic hydroxyl groups excluding tert-OH is 1. The summed E-state index contributed by atoms with van der Waals surface area (Å²) in [7, 11) is 0. The van der Waals surface area contributed by atoms with Crippen LogP contribution in [0.3, 0.4) is 0 Å². The molecule has 14 heavy (non-hydrogen) atoms. The first-order chi connectivity index (χ1) is 6.79. The van der Waals surface area contributed by atoms with E-state index in [-0.39, 0.29) is 12.6 Å². The smallest absolute Gasteiger partial charge is 0.108 e. The van der Waals surface area contributed by atoms with Crippen molar-refractivity contribution in [1.82, 2.24) is 15.0 Å². The SMILES string of the molecule is NC1CCCC(n2cc(CO)nn2)C1. The summed E-state index contributed by atoms with van der Waals surface area (Å²) in [6.07, 6.45) is 6.15. The van der Waals surface area contributed by atoms with Crippen LogP contribution in [0.5, 0.6) is 0 Å². The fourth-order valence-electron chi connectivity index (χ4n) is 2.01. The minimum Gasteiger partial charge on any atom is -0.390 e. The topological polar surface area (TPSA) is 77.0 Å². The van der Waals surface area contributed by atoms with Crippen molar-refractivity contribution in [1.29, 1.82) is 0 Å². The Morgan fingerprint density at radius 2 is 2.43 bits per heavy atom. The van der Waals surface area contributed by atoms with E-state index in [1.807, 2.05) is 10.9 Å². The molecule has 0 spiro atoms. The number of hydrogen-bond donors (Lipinski definition) is 2. The van der Waals surface area contributed by atoms with Gasteiger partial charge in [-0.15, -0.1) is 5.10 Å². The molecule has 1 saturated carbocycles. The Bertz CT molecular complexity index is 299. The van der Waals surface area contributed by atoms with E-state index < -0.39 is 0 Å². The Morgan fingerprint density at radius 3 is 3.07 bits per heavy atom. The van der Waals surface area contributed by atoms with E-state index in [2.05, 4.69) is 10.3 Å². The highest BCUT2D eigenvalue weighted by molar-refractivity contribution is 4.92. The first kappa shape index (κ1) is 9.61. The predicted octanol–water partition coefficient (Wildman–Crippen LogP) is 0.213. The van der Waals surface area contributed by atoms with Gasteiger partial charge in [-0.25, -0.2) is 4.68 Å². The molecule has 0 radical (unpaired) electrons. The molecule has 1 aliphatic rings. The highest BCUT2D eigenvalue weighted by Gasteiger charge is 2.21. The van der Waals surface area contributed by atoms with Crippen LogP contribution >= 0.6 is 0 Å². The van der Waals surface area contributed by atoms with Crippen LogP contribution in [0, 0.1) is 0 Å². The molecular formula is C9H16N4O. The van der Waals surface area contributed by atoms with Crippen molar-refractivity contribution in [2.24, 2.45) is 5.73 Å². The third-order valence-electron chi connectivity index (χ3n) is 2.78. The Hall–Kier alpha value is -0.940. The van der Waals surface area contributed by atoms with Crippen LogP contribution in [0.15, 0.2) is 6.20 Å². The zero-order valence-electron chi connectivity index (χ0n) is 8.13. The van der Waals surface area contributed by atoms with Crippen LogP contribution in [-0.2, 0) is 6.61 Å². The van der Waals surface area contributed by atoms with Gasteiger partial charge < -0.3 is 10.8 Å². The van der Waals surface area contributed by atoms with Gasteiger partial charge in [0, 0.05) is 6.04 Å². The molecule has 0 amide bonds. The van der Waals surface area contributed by atoms with E-state index in [1.165, 1.54) is 0 Å². The fraction of sp³-hybridized carbons (Fsp3) is 0.778. The molecule has 0 saturated heterocycles. The Balaban J connectivity index is 2.06. The first-order valence-electron chi connectivity index (χ1n) is 5.06. The molecule has 1 aromatic rings. The van der Waals surface area contributed by atoms with Crippen molar-refractivity contribution in [3.05, 3.63) is 11.9 Å². The summed E-state index contributed by atoms with van der Waals surface area (Å²) in [5.74, 6) is 0. The van der Waals surface area contributed by atoms with Crippen molar-refractivity contribution in [3.8, 4) is 0 Å². The van der Waals surface area contributed by atoms with E-state index in [9.17, 15) is 0 Å². The number of nitrogens with two attached hydrogens (primary N) is 1. The molecule has 1 fully saturated rings. The van der Waals surface area contributed by atoms with Gasteiger partial charge in [0.1, 0.15) is 5.69 Å². The van der Waals surface area contributed by atoms with Crippen LogP contribution in [0.4, 0.5) is 0 Å². The van der Waals surface area contributed by atoms with Gasteiger partial charge in [-0.05, 0) is 25.7 Å². The number of aliphatic hydroxyl groups is 1. The summed E-state index contributed by atoms with van der Waals surface area (Å²) in [6.45, 7) is -0.0429. The average molecular weight is 196 g/mol. The van der Waals surface area contributed by atoms with E-state index in [0.29, 0.717) is 11.7 Å². The van der Waals surface area contributed by atoms with Gasteiger partial charge in [0.25, 0.3) is 0 Å². The third kappa shape index (κ3) is 1.93. The van der Waals surface area contributed by atoms with Gasteiger partial charge in [0.05, 0.1) is 18.8 Å². The van der Waals surface area contributed by atoms with Crippen LogP contribution < -0.4 is 5.73 Å². The maximum absolute atomic E-state index is 8.86. The highest BCUT2D eigenvalue weighted by Crippen LogP contribution is 2.26. The molecule has 0 aromatic carbocycles. The molecule has 2 unspecified atom stereocenters. The van der Waals surface area contributed by atoms with E-state index in [1.54, 1.807) is 0 Å². The lowest BCUT2D eigenvalue weighted by molar-refractivity contribution is 0.276. The summed E-state index contributed by atoms with van der Waals surface area (Å²) in [6, 6.07) is 0.655. The molecule has 1 aliphatic carbocycles. The summed E-state index contributed by atoms with van der Waals surface area (Å²) in [5, 5.41) is 16.7. The van der Waals surface area contributed by atoms with Gasteiger partial charge in [-0.2, -0.15) is 0 Å². The predicted molar refractivity (Wildman–Crippen MR) is 51.4 cm³/mol. The molecule has 1 heterocycles. The molecular weight excluding hydrogens is 180 g/mol. The molecule has 78 valence electrons. The Kier molecular flexibility index (Phi) is 2.79. The molecule has 2 rings (SSSR count). The number of rotatable bonds is 2. The first-order valence-corrected chi connectivity index (χ1v) is 5.06. The quantitative estimate of drug-likeness (QED) is 0.709.